The number of benzene rings is 1. The van der Waals surface area contributed by atoms with E-state index in [9.17, 15) is 0 Å². The molecule has 1 saturated heterocycles. The maximum Gasteiger partial charge on any atom is 0.126 e. The monoisotopic (exact) mass is 239 g/mol. The second-order valence-electron chi connectivity index (χ2n) is 3.65. The predicted octanol–water partition coefficient (Wildman–Crippen LogP) is 1.46. The molecule has 1 aliphatic rings. The minimum Gasteiger partial charge on any atom is -0.384 e. The van der Waals surface area contributed by atoms with Crippen molar-refractivity contribution in [1.82, 2.24) is 0 Å². The molecule has 16 heavy (non-hydrogen) atoms. The summed E-state index contributed by atoms with van der Waals surface area (Å²) >= 11 is 6.06. The zero-order valence-corrected chi connectivity index (χ0v) is 9.63. The fourth-order valence-corrected chi connectivity index (χ4v) is 2.12. The highest BCUT2D eigenvalue weighted by molar-refractivity contribution is 6.34. The molecule has 4 nitrogen and oxygen atoms in total. The van der Waals surface area contributed by atoms with Crippen LogP contribution >= 0.6 is 11.6 Å². The third kappa shape index (κ3) is 2.13. The number of anilines is 1. The molecule has 1 aromatic rings. The predicted molar refractivity (Wildman–Crippen MR) is 65.5 cm³/mol. The SMILES string of the molecule is N=C(N)c1c(Cl)cccc1N1CCOCC1. The van der Waals surface area contributed by atoms with Crippen molar-refractivity contribution in [2.45, 2.75) is 0 Å². The van der Waals surface area contributed by atoms with Gasteiger partial charge in [0.1, 0.15) is 5.84 Å². The van der Waals surface area contributed by atoms with Gasteiger partial charge in [-0.15, -0.1) is 0 Å². The van der Waals surface area contributed by atoms with Gasteiger partial charge in [0, 0.05) is 18.8 Å². The van der Waals surface area contributed by atoms with Gasteiger partial charge >= 0.3 is 0 Å². The average molecular weight is 240 g/mol. The van der Waals surface area contributed by atoms with Gasteiger partial charge in [-0.05, 0) is 12.1 Å². The summed E-state index contributed by atoms with van der Waals surface area (Å²) in [5.74, 6) is 0.00657. The summed E-state index contributed by atoms with van der Waals surface area (Å²) in [6.07, 6.45) is 0. The number of morpholine rings is 1. The lowest BCUT2D eigenvalue weighted by atomic mass is 10.1. The molecule has 0 aromatic heterocycles. The van der Waals surface area contributed by atoms with Crippen LogP contribution in [0.15, 0.2) is 18.2 Å². The van der Waals surface area contributed by atoms with Crippen LogP contribution < -0.4 is 10.6 Å². The Morgan fingerprint density at radius 2 is 2.06 bits per heavy atom. The first-order valence-electron chi connectivity index (χ1n) is 5.16. The van der Waals surface area contributed by atoms with Gasteiger partial charge in [-0.1, -0.05) is 17.7 Å². The molecule has 3 N–H and O–H groups in total. The van der Waals surface area contributed by atoms with Crippen LogP contribution in [0.1, 0.15) is 5.56 Å². The van der Waals surface area contributed by atoms with Crippen LogP contribution in [0.2, 0.25) is 5.02 Å². The maximum atomic E-state index is 7.57. The number of halogens is 1. The number of nitrogens with one attached hydrogen (secondary N) is 1. The second-order valence-corrected chi connectivity index (χ2v) is 4.05. The van der Waals surface area contributed by atoms with Gasteiger partial charge in [-0.25, -0.2) is 0 Å². The van der Waals surface area contributed by atoms with Crippen LogP contribution in [-0.4, -0.2) is 32.1 Å². The van der Waals surface area contributed by atoms with Gasteiger partial charge in [-0.2, -0.15) is 0 Å². The molecule has 1 heterocycles. The molecule has 1 fully saturated rings. The smallest absolute Gasteiger partial charge is 0.126 e. The molecular formula is C11H14ClN3O. The molecule has 0 unspecified atom stereocenters. The Labute approximate surface area is 99.5 Å². The molecule has 1 aliphatic heterocycles. The Balaban J connectivity index is 2.38. The van der Waals surface area contributed by atoms with E-state index in [1.165, 1.54) is 0 Å². The van der Waals surface area contributed by atoms with Crippen LogP contribution in [0.4, 0.5) is 5.69 Å². The van der Waals surface area contributed by atoms with E-state index in [0.717, 1.165) is 18.8 Å². The molecule has 0 amide bonds. The molecule has 1 aromatic carbocycles. The summed E-state index contributed by atoms with van der Waals surface area (Å²) in [5.41, 5.74) is 7.10. The van der Waals surface area contributed by atoms with Crippen molar-refractivity contribution in [2.75, 3.05) is 31.2 Å². The first-order valence-corrected chi connectivity index (χ1v) is 5.53. The third-order valence-corrected chi connectivity index (χ3v) is 2.93. The van der Waals surface area contributed by atoms with Gasteiger partial charge in [0.2, 0.25) is 0 Å². The minimum atomic E-state index is 0.00657. The molecule has 0 bridgehead atoms. The first kappa shape index (κ1) is 11.2. The minimum absolute atomic E-state index is 0.00657. The lowest BCUT2D eigenvalue weighted by Gasteiger charge is -2.30. The number of hydrogen-bond donors (Lipinski definition) is 2. The van der Waals surface area contributed by atoms with E-state index in [4.69, 9.17) is 27.5 Å². The summed E-state index contributed by atoms with van der Waals surface area (Å²) in [7, 11) is 0. The molecule has 5 heteroatoms. The zero-order chi connectivity index (χ0) is 11.5. The summed E-state index contributed by atoms with van der Waals surface area (Å²) in [4.78, 5) is 2.14. The van der Waals surface area contributed by atoms with Gasteiger partial charge in [-0.3, -0.25) is 5.41 Å². The zero-order valence-electron chi connectivity index (χ0n) is 8.87. The fraction of sp³-hybridized carbons (Fsp3) is 0.364. The van der Waals surface area contributed by atoms with E-state index in [1.54, 1.807) is 6.07 Å². The molecule has 0 atom stereocenters. The van der Waals surface area contributed by atoms with Crippen molar-refractivity contribution in [3.05, 3.63) is 28.8 Å². The van der Waals surface area contributed by atoms with Crippen molar-refractivity contribution in [1.29, 1.82) is 5.41 Å². The number of rotatable bonds is 2. The normalized spacial score (nSPS) is 16.2. The fourth-order valence-electron chi connectivity index (χ4n) is 1.85. The van der Waals surface area contributed by atoms with E-state index in [1.807, 2.05) is 12.1 Å². The molecule has 2 rings (SSSR count). The van der Waals surface area contributed by atoms with Crippen molar-refractivity contribution in [3.8, 4) is 0 Å². The van der Waals surface area contributed by atoms with Crippen molar-refractivity contribution in [3.63, 3.8) is 0 Å². The largest absolute Gasteiger partial charge is 0.384 e. The Morgan fingerprint density at radius 3 is 2.69 bits per heavy atom. The Hall–Kier alpha value is -1.26. The number of hydrogen-bond acceptors (Lipinski definition) is 3. The molecule has 0 aliphatic carbocycles. The van der Waals surface area contributed by atoms with E-state index in [-0.39, 0.29) is 5.84 Å². The highest BCUT2D eigenvalue weighted by atomic mass is 35.5. The lowest BCUT2D eigenvalue weighted by Crippen LogP contribution is -2.37. The van der Waals surface area contributed by atoms with E-state index in [2.05, 4.69) is 4.90 Å². The van der Waals surface area contributed by atoms with Crippen LogP contribution in [-0.2, 0) is 4.74 Å². The quantitative estimate of drug-likeness (QED) is 0.607. The average Bonchev–Trinajstić information content (AvgIpc) is 2.29. The summed E-state index contributed by atoms with van der Waals surface area (Å²) in [5, 5.41) is 8.10. The van der Waals surface area contributed by atoms with Crippen molar-refractivity contribution in [2.24, 2.45) is 5.73 Å². The number of nitrogen functional groups attached to an aromatic ring is 1. The van der Waals surface area contributed by atoms with Crippen LogP contribution in [0.5, 0.6) is 0 Å². The Kier molecular flexibility index (Phi) is 3.31. The van der Waals surface area contributed by atoms with Crippen LogP contribution in [0.3, 0.4) is 0 Å². The molecule has 86 valence electrons. The standard InChI is InChI=1S/C11H14ClN3O/c12-8-2-1-3-9(10(8)11(13)14)15-4-6-16-7-5-15/h1-3H,4-7H2,(H3,13,14). The third-order valence-electron chi connectivity index (χ3n) is 2.61. The topological polar surface area (TPSA) is 62.3 Å². The molecule has 0 radical (unpaired) electrons. The van der Waals surface area contributed by atoms with Crippen LogP contribution in [0.25, 0.3) is 0 Å². The summed E-state index contributed by atoms with van der Waals surface area (Å²) < 4.78 is 5.29. The summed E-state index contributed by atoms with van der Waals surface area (Å²) in [6.45, 7) is 3.01. The van der Waals surface area contributed by atoms with E-state index < -0.39 is 0 Å². The molecular weight excluding hydrogens is 226 g/mol. The summed E-state index contributed by atoms with van der Waals surface area (Å²) in [6, 6.07) is 5.57. The van der Waals surface area contributed by atoms with Gasteiger partial charge < -0.3 is 15.4 Å². The van der Waals surface area contributed by atoms with Crippen LogP contribution in [0, 0.1) is 5.41 Å². The van der Waals surface area contributed by atoms with E-state index in [0.29, 0.717) is 23.8 Å². The number of amidine groups is 1. The molecule has 0 spiro atoms. The highest BCUT2D eigenvalue weighted by Crippen LogP contribution is 2.27. The number of ether oxygens (including phenoxy) is 1. The Bertz CT molecular complexity index is 402. The first-order chi connectivity index (χ1) is 7.70. The number of nitrogens with two attached hydrogens (primary N) is 1. The second kappa shape index (κ2) is 4.72. The van der Waals surface area contributed by atoms with E-state index >= 15 is 0 Å². The van der Waals surface area contributed by atoms with Gasteiger partial charge in [0.15, 0.2) is 0 Å². The maximum absolute atomic E-state index is 7.57. The van der Waals surface area contributed by atoms with Crippen molar-refractivity contribution >= 4 is 23.1 Å². The van der Waals surface area contributed by atoms with Gasteiger partial charge in [0.25, 0.3) is 0 Å². The van der Waals surface area contributed by atoms with Gasteiger partial charge in [0.05, 0.1) is 23.8 Å². The molecule has 0 saturated carbocycles. The number of nitrogens with zero attached hydrogens (tertiary/aromatic N) is 1. The lowest BCUT2D eigenvalue weighted by molar-refractivity contribution is 0.122. The Morgan fingerprint density at radius 1 is 1.38 bits per heavy atom. The highest BCUT2D eigenvalue weighted by Gasteiger charge is 2.17. The van der Waals surface area contributed by atoms with Crippen molar-refractivity contribution < 1.29 is 4.74 Å².